The summed E-state index contributed by atoms with van der Waals surface area (Å²) in [6.45, 7) is 5.50. The lowest BCUT2D eigenvalue weighted by atomic mass is 10.1. The number of carbonyl (C=O) groups is 1. The van der Waals surface area contributed by atoms with Gasteiger partial charge < -0.3 is 10.1 Å². The molecule has 0 fully saturated rings. The average molecular weight is 431 g/mol. The molecule has 1 unspecified atom stereocenters. The van der Waals surface area contributed by atoms with E-state index in [-0.39, 0.29) is 22.9 Å². The van der Waals surface area contributed by atoms with Gasteiger partial charge >= 0.3 is 0 Å². The second-order valence-electron chi connectivity index (χ2n) is 5.47. The van der Waals surface area contributed by atoms with Gasteiger partial charge in [-0.15, -0.1) is 0 Å². The van der Waals surface area contributed by atoms with Crippen LogP contribution in [0.1, 0.15) is 39.2 Å². The largest absolute Gasteiger partial charge is 0.476 e. The molecule has 1 amide bonds. The molecule has 1 atom stereocenters. The van der Waals surface area contributed by atoms with E-state index in [1.54, 1.807) is 19.9 Å². The molecule has 0 aliphatic rings. The number of nitriles is 1. The van der Waals surface area contributed by atoms with Crippen LogP contribution in [0.4, 0.5) is 5.69 Å². The summed E-state index contributed by atoms with van der Waals surface area (Å²) in [5.74, 6) is 0.0289. The molecule has 0 saturated carbocycles. The van der Waals surface area contributed by atoms with E-state index in [4.69, 9.17) is 4.74 Å². The van der Waals surface area contributed by atoms with E-state index in [1.807, 2.05) is 29.5 Å². The summed E-state index contributed by atoms with van der Waals surface area (Å²) in [5, 5.41) is 23.0. The van der Waals surface area contributed by atoms with Crippen LogP contribution < -0.4 is 10.1 Å². The predicted molar refractivity (Wildman–Crippen MR) is 93.4 cm³/mol. The van der Waals surface area contributed by atoms with E-state index in [1.165, 1.54) is 18.2 Å². The summed E-state index contributed by atoms with van der Waals surface area (Å²) in [6.07, 6.45) is 1.14. The zero-order chi connectivity index (χ0) is 17.6. The quantitative estimate of drug-likeness (QED) is 0.309. The molecule has 1 aromatic rings. The first-order valence-corrected chi connectivity index (χ1v) is 8.26. The molecule has 1 rings (SSSR count). The Balaban J connectivity index is 2.99. The number of halogens is 1. The van der Waals surface area contributed by atoms with Crippen molar-refractivity contribution in [3.63, 3.8) is 0 Å². The highest BCUT2D eigenvalue weighted by molar-refractivity contribution is 14.1. The fourth-order valence-electron chi connectivity index (χ4n) is 1.85. The fraction of sp³-hybridized carbons (Fsp3) is 0.467. The van der Waals surface area contributed by atoms with Gasteiger partial charge in [0.2, 0.25) is 5.91 Å². The van der Waals surface area contributed by atoms with Gasteiger partial charge in [-0.1, -0.05) is 13.0 Å². The molecule has 0 bridgehead atoms. The molecule has 124 valence electrons. The van der Waals surface area contributed by atoms with Crippen LogP contribution in [0, 0.1) is 21.4 Å². The standard InChI is InChI=1S/C15H18IN3O4/c1-4-6-13(20)18-15(2,3)14(16)23-12-8-5-7-11(19(21)22)10(12)9-17/h5,7-8,14H,4,6H2,1-3H3,(H,18,20). The Morgan fingerprint density at radius 2 is 2.22 bits per heavy atom. The number of hydrogen-bond acceptors (Lipinski definition) is 5. The topological polar surface area (TPSA) is 105 Å². The van der Waals surface area contributed by atoms with Crippen LogP contribution in [0.3, 0.4) is 0 Å². The van der Waals surface area contributed by atoms with Crippen molar-refractivity contribution in [2.45, 2.75) is 43.3 Å². The van der Waals surface area contributed by atoms with Gasteiger partial charge in [-0.3, -0.25) is 14.9 Å². The van der Waals surface area contributed by atoms with Crippen LogP contribution in [0.5, 0.6) is 5.75 Å². The Kier molecular flexibility index (Phi) is 6.75. The first-order chi connectivity index (χ1) is 10.7. The lowest BCUT2D eigenvalue weighted by molar-refractivity contribution is -0.385. The number of amides is 1. The summed E-state index contributed by atoms with van der Waals surface area (Å²) >= 11 is 2.00. The number of carbonyl (C=O) groups excluding carboxylic acids is 1. The van der Waals surface area contributed by atoms with Gasteiger partial charge in [0.1, 0.15) is 11.8 Å². The number of hydrogen-bond donors (Lipinski definition) is 1. The van der Waals surface area contributed by atoms with Crippen molar-refractivity contribution >= 4 is 34.2 Å². The average Bonchev–Trinajstić information content (AvgIpc) is 2.46. The first-order valence-electron chi connectivity index (χ1n) is 7.02. The Bertz CT molecular complexity index is 640. The van der Waals surface area contributed by atoms with Gasteiger partial charge in [-0.2, -0.15) is 5.26 Å². The minimum Gasteiger partial charge on any atom is -0.476 e. The highest BCUT2D eigenvalue weighted by Gasteiger charge is 2.32. The molecular weight excluding hydrogens is 413 g/mol. The number of nitrogens with zero attached hydrogens (tertiary/aromatic N) is 2. The van der Waals surface area contributed by atoms with Crippen molar-refractivity contribution in [3.8, 4) is 11.8 Å². The van der Waals surface area contributed by atoms with Crippen molar-refractivity contribution in [1.29, 1.82) is 5.26 Å². The molecule has 23 heavy (non-hydrogen) atoms. The summed E-state index contributed by atoms with van der Waals surface area (Å²) < 4.78 is 5.20. The van der Waals surface area contributed by atoms with Gasteiger partial charge in [-0.25, -0.2) is 0 Å². The zero-order valence-electron chi connectivity index (χ0n) is 13.1. The van der Waals surface area contributed by atoms with Crippen LogP contribution >= 0.6 is 22.6 Å². The molecule has 7 nitrogen and oxygen atoms in total. The Morgan fingerprint density at radius 3 is 2.74 bits per heavy atom. The Hall–Kier alpha value is -1.89. The van der Waals surface area contributed by atoms with E-state index in [2.05, 4.69) is 5.32 Å². The lowest BCUT2D eigenvalue weighted by Gasteiger charge is -2.31. The molecule has 0 spiro atoms. The first kappa shape index (κ1) is 19.2. The number of nitro groups is 1. The van der Waals surface area contributed by atoms with Gasteiger partial charge in [0.25, 0.3) is 5.69 Å². The second kappa shape index (κ2) is 8.10. The summed E-state index contributed by atoms with van der Waals surface area (Å²) in [4.78, 5) is 22.1. The maximum absolute atomic E-state index is 11.8. The zero-order valence-corrected chi connectivity index (χ0v) is 15.3. The van der Waals surface area contributed by atoms with Crippen LogP contribution in [-0.4, -0.2) is 20.5 Å². The third kappa shape index (κ3) is 5.06. The maximum atomic E-state index is 11.8. The van der Waals surface area contributed by atoms with Gasteiger partial charge in [0.05, 0.1) is 10.5 Å². The molecule has 0 aliphatic carbocycles. The van der Waals surface area contributed by atoms with Crippen LogP contribution in [0.2, 0.25) is 0 Å². The number of ether oxygens (including phenoxy) is 1. The fourth-order valence-corrected chi connectivity index (χ4v) is 2.28. The number of benzene rings is 1. The molecule has 0 radical (unpaired) electrons. The van der Waals surface area contributed by atoms with E-state index < -0.39 is 14.6 Å². The third-order valence-electron chi connectivity index (χ3n) is 3.05. The Labute approximate surface area is 148 Å². The van der Waals surface area contributed by atoms with E-state index in [0.717, 1.165) is 6.42 Å². The van der Waals surface area contributed by atoms with Crippen LogP contribution in [0.25, 0.3) is 0 Å². The van der Waals surface area contributed by atoms with Crippen LogP contribution in [0.15, 0.2) is 18.2 Å². The molecule has 8 heteroatoms. The van der Waals surface area contributed by atoms with Crippen LogP contribution in [-0.2, 0) is 4.79 Å². The smallest absolute Gasteiger partial charge is 0.290 e. The highest BCUT2D eigenvalue weighted by atomic mass is 127. The minimum atomic E-state index is -0.704. The monoisotopic (exact) mass is 431 g/mol. The maximum Gasteiger partial charge on any atom is 0.290 e. The Morgan fingerprint density at radius 1 is 1.57 bits per heavy atom. The van der Waals surface area contributed by atoms with E-state index >= 15 is 0 Å². The number of alkyl halides is 1. The minimum absolute atomic E-state index is 0.0951. The summed E-state index contributed by atoms with van der Waals surface area (Å²) in [7, 11) is 0. The molecule has 0 saturated heterocycles. The molecule has 0 aromatic heterocycles. The molecule has 1 N–H and O–H groups in total. The van der Waals surface area contributed by atoms with Crippen molar-refractivity contribution in [1.82, 2.24) is 5.32 Å². The van der Waals surface area contributed by atoms with Crippen molar-refractivity contribution < 1.29 is 14.5 Å². The predicted octanol–water partition coefficient (Wildman–Crippen LogP) is 3.30. The second-order valence-corrected chi connectivity index (χ2v) is 6.60. The third-order valence-corrected chi connectivity index (χ3v) is 4.86. The van der Waals surface area contributed by atoms with E-state index in [0.29, 0.717) is 6.42 Å². The van der Waals surface area contributed by atoms with Gasteiger partial charge in [-0.05, 0) is 48.9 Å². The van der Waals surface area contributed by atoms with Gasteiger partial charge in [0, 0.05) is 12.5 Å². The SMILES string of the molecule is CCCC(=O)NC(C)(C)C(I)Oc1cccc([N+](=O)[O-])c1C#N. The lowest BCUT2D eigenvalue weighted by Crippen LogP contribution is -2.51. The van der Waals surface area contributed by atoms with E-state index in [9.17, 15) is 20.2 Å². The summed E-state index contributed by atoms with van der Waals surface area (Å²) in [6, 6.07) is 6.02. The molecule has 0 heterocycles. The summed E-state index contributed by atoms with van der Waals surface area (Å²) in [5.41, 5.74) is -1.14. The van der Waals surface area contributed by atoms with Crippen molar-refractivity contribution in [3.05, 3.63) is 33.9 Å². The molecule has 0 aliphatic heterocycles. The number of nitrogens with one attached hydrogen (secondary N) is 1. The molecule has 1 aromatic carbocycles. The van der Waals surface area contributed by atoms with Crippen molar-refractivity contribution in [2.24, 2.45) is 0 Å². The highest BCUT2D eigenvalue weighted by Crippen LogP contribution is 2.31. The molecular formula is C15H18IN3O4. The number of nitro benzene ring substituents is 1. The number of rotatable bonds is 7. The normalized spacial score (nSPS) is 12.1. The van der Waals surface area contributed by atoms with Gasteiger partial charge in [0.15, 0.2) is 9.67 Å². The van der Waals surface area contributed by atoms with Crippen molar-refractivity contribution in [2.75, 3.05) is 0 Å².